The summed E-state index contributed by atoms with van der Waals surface area (Å²) in [4.78, 5) is 14.1. The molecule has 6 nitrogen and oxygen atoms in total. The molecule has 1 atom stereocenters. The van der Waals surface area contributed by atoms with Crippen molar-refractivity contribution in [1.29, 1.82) is 0 Å². The van der Waals surface area contributed by atoms with Crippen LogP contribution in [0.15, 0.2) is 34.7 Å². The van der Waals surface area contributed by atoms with Gasteiger partial charge in [-0.05, 0) is 24.4 Å². The van der Waals surface area contributed by atoms with E-state index in [9.17, 15) is 13.2 Å². The molecule has 0 fully saturated rings. The van der Waals surface area contributed by atoms with Gasteiger partial charge in [-0.15, -0.1) is 11.3 Å². The smallest absolute Gasteiger partial charge is 0.352 e. The standard InChI is InChI=1S/C12H14N2O4S2/c1-8(11-4-3-5-19-11)14(2)20(17,18)9-6-10(12(15)16)13-7-9/h3-8,13H,1-2H3,(H,15,16). The molecule has 0 spiro atoms. The highest BCUT2D eigenvalue weighted by molar-refractivity contribution is 7.89. The Hall–Kier alpha value is -1.64. The molecule has 2 N–H and O–H groups in total. The first-order valence-corrected chi connectivity index (χ1v) is 8.09. The first-order valence-electron chi connectivity index (χ1n) is 5.77. The van der Waals surface area contributed by atoms with Crippen LogP contribution in [0.3, 0.4) is 0 Å². The number of thiophene rings is 1. The molecule has 2 aromatic rings. The molecule has 0 aromatic carbocycles. The molecule has 0 radical (unpaired) electrons. The fraction of sp³-hybridized carbons (Fsp3) is 0.250. The van der Waals surface area contributed by atoms with Crippen LogP contribution in [0.5, 0.6) is 0 Å². The summed E-state index contributed by atoms with van der Waals surface area (Å²) in [5.41, 5.74) is -0.152. The van der Waals surface area contributed by atoms with Gasteiger partial charge < -0.3 is 10.1 Å². The number of nitrogens with one attached hydrogen (secondary N) is 1. The average molecular weight is 314 g/mol. The van der Waals surface area contributed by atoms with Crippen LogP contribution in [0, 0.1) is 0 Å². The van der Waals surface area contributed by atoms with Crippen LogP contribution in [-0.2, 0) is 10.0 Å². The van der Waals surface area contributed by atoms with Gasteiger partial charge in [0.05, 0.1) is 6.04 Å². The van der Waals surface area contributed by atoms with Crippen molar-refractivity contribution in [3.05, 3.63) is 40.3 Å². The second-order valence-electron chi connectivity index (χ2n) is 4.27. The Balaban J connectivity index is 2.31. The molecular weight excluding hydrogens is 300 g/mol. The van der Waals surface area contributed by atoms with E-state index >= 15 is 0 Å². The van der Waals surface area contributed by atoms with E-state index < -0.39 is 16.0 Å². The largest absolute Gasteiger partial charge is 0.477 e. The van der Waals surface area contributed by atoms with Crippen LogP contribution in [0.4, 0.5) is 0 Å². The lowest BCUT2D eigenvalue weighted by Crippen LogP contribution is -2.29. The molecule has 20 heavy (non-hydrogen) atoms. The highest BCUT2D eigenvalue weighted by atomic mass is 32.2. The van der Waals surface area contributed by atoms with Crippen molar-refractivity contribution < 1.29 is 18.3 Å². The number of carboxylic acid groups (broad SMARTS) is 1. The van der Waals surface area contributed by atoms with Crippen molar-refractivity contribution in [3.8, 4) is 0 Å². The molecule has 8 heteroatoms. The van der Waals surface area contributed by atoms with Crippen molar-refractivity contribution in [3.63, 3.8) is 0 Å². The third kappa shape index (κ3) is 2.62. The molecule has 2 heterocycles. The van der Waals surface area contributed by atoms with E-state index in [0.717, 1.165) is 10.9 Å². The summed E-state index contributed by atoms with van der Waals surface area (Å²) in [5, 5.41) is 10.7. The van der Waals surface area contributed by atoms with E-state index in [-0.39, 0.29) is 16.6 Å². The highest BCUT2D eigenvalue weighted by Gasteiger charge is 2.28. The highest BCUT2D eigenvalue weighted by Crippen LogP contribution is 2.28. The van der Waals surface area contributed by atoms with E-state index in [1.165, 1.54) is 28.9 Å². The van der Waals surface area contributed by atoms with Gasteiger partial charge in [0.15, 0.2) is 0 Å². The van der Waals surface area contributed by atoms with Gasteiger partial charge >= 0.3 is 5.97 Å². The van der Waals surface area contributed by atoms with Gasteiger partial charge in [-0.1, -0.05) is 6.07 Å². The number of aromatic nitrogens is 1. The number of hydrogen-bond donors (Lipinski definition) is 2. The van der Waals surface area contributed by atoms with Crippen LogP contribution >= 0.6 is 11.3 Å². The van der Waals surface area contributed by atoms with Crippen molar-refractivity contribution in [1.82, 2.24) is 9.29 Å². The SMILES string of the molecule is CC(c1cccs1)N(C)S(=O)(=O)c1c[nH]c(C(=O)O)c1. The molecule has 0 bridgehead atoms. The summed E-state index contributed by atoms with van der Waals surface area (Å²) in [7, 11) is -2.25. The maximum Gasteiger partial charge on any atom is 0.352 e. The van der Waals surface area contributed by atoms with E-state index in [0.29, 0.717) is 0 Å². The number of carboxylic acids is 1. The van der Waals surface area contributed by atoms with Crippen molar-refractivity contribution in [2.24, 2.45) is 0 Å². The Morgan fingerprint density at radius 2 is 2.20 bits per heavy atom. The van der Waals surface area contributed by atoms with Gasteiger partial charge in [0, 0.05) is 18.1 Å². The normalized spacial score (nSPS) is 13.6. The number of aromatic carboxylic acids is 1. The Morgan fingerprint density at radius 1 is 1.50 bits per heavy atom. The number of rotatable bonds is 5. The molecular formula is C12H14N2O4S2. The fourth-order valence-corrected chi connectivity index (χ4v) is 3.96. The van der Waals surface area contributed by atoms with Crippen LogP contribution in [0.1, 0.15) is 28.3 Å². The summed E-state index contributed by atoms with van der Waals surface area (Å²) in [5.74, 6) is -1.19. The minimum atomic E-state index is -3.73. The summed E-state index contributed by atoms with van der Waals surface area (Å²) in [6.45, 7) is 1.79. The monoisotopic (exact) mass is 314 g/mol. The minimum Gasteiger partial charge on any atom is -0.477 e. The summed E-state index contributed by atoms with van der Waals surface area (Å²) >= 11 is 1.47. The number of nitrogens with zero attached hydrogens (tertiary/aromatic N) is 1. The van der Waals surface area contributed by atoms with Gasteiger partial charge in [0.25, 0.3) is 0 Å². The summed E-state index contributed by atoms with van der Waals surface area (Å²) in [6.07, 6.45) is 1.19. The predicted molar refractivity (Wildman–Crippen MR) is 75.4 cm³/mol. The van der Waals surface area contributed by atoms with Crippen molar-refractivity contribution >= 4 is 27.3 Å². The molecule has 0 aliphatic carbocycles. The molecule has 0 saturated heterocycles. The number of hydrogen-bond acceptors (Lipinski definition) is 4. The lowest BCUT2D eigenvalue weighted by molar-refractivity contribution is 0.0691. The molecule has 1 unspecified atom stereocenters. The summed E-state index contributed by atoms with van der Waals surface area (Å²) in [6, 6.07) is 4.52. The zero-order valence-electron chi connectivity index (χ0n) is 10.9. The number of aromatic amines is 1. The minimum absolute atomic E-state index is 0.0548. The summed E-state index contributed by atoms with van der Waals surface area (Å²) < 4.78 is 26.1. The van der Waals surface area contributed by atoms with Gasteiger partial charge in [-0.3, -0.25) is 0 Å². The Kier molecular flexibility index (Phi) is 3.98. The maximum absolute atomic E-state index is 12.4. The predicted octanol–water partition coefficient (Wildman–Crippen LogP) is 2.16. The average Bonchev–Trinajstić information content (AvgIpc) is 3.07. The van der Waals surface area contributed by atoms with Crippen LogP contribution in [-0.4, -0.2) is 35.8 Å². The topological polar surface area (TPSA) is 90.5 Å². The molecule has 0 amide bonds. The first-order chi connectivity index (χ1) is 9.34. The lowest BCUT2D eigenvalue weighted by atomic mass is 10.3. The Morgan fingerprint density at radius 3 is 2.70 bits per heavy atom. The third-order valence-electron chi connectivity index (χ3n) is 3.06. The number of carbonyl (C=O) groups is 1. The molecule has 0 aliphatic rings. The number of H-pyrrole nitrogens is 1. The van der Waals surface area contributed by atoms with E-state index in [1.807, 2.05) is 17.5 Å². The van der Waals surface area contributed by atoms with Gasteiger partial charge in [-0.2, -0.15) is 4.31 Å². The fourth-order valence-electron chi connectivity index (χ4n) is 1.73. The molecule has 0 aliphatic heterocycles. The lowest BCUT2D eigenvalue weighted by Gasteiger charge is -2.22. The number of sulfonamides is 1. The maximum atomic E-state index is 12.4. The molecule has 2 aromatic heterocycles. The van der Waals surface area contributed by atoms with Crippen molar-refractivity contribution in [2.45, 2.75) is 17.9 Å². The second kappa shape index (κ2) is 5.39. The van der Waals surface area contributed by atoms with Gasteiger partial charge in [0.1, 0.15) is 10.6 Å². The van der Waals surface area contributed by atoms with Crippen LogP contribution in [0.25, 0.3) is 0 Å². The zero-order valence-corrected chi connectivity index (χ0v) is 12.5. The second-order valence-corrected chi connectivity index (χ2v) is 7.24. The Labute approximate surface area is 120 Å². The van der Waals surface area contributed by atoms with E-state index in [4.69, 9.17) is 5.11 Å². The van der Waals surface area contributed by atoms with Crippen LogP contribution < -0.4 is 0 Å². The van der Waals surface area contributed by atoms with Crippen molar-refractivity contribution in [2.75, 3.05) is 7.05 Å². The Bertz CT molecular complexity index is 704. The van der Waals surface area contributed by atoms with Gasteiger partial charge in [-0.25, -0.2) is 13.2 Å². The zero-order chi connectivity index (χ0) is 14.9. The molecule has 2 rings (SSSR count). The van der Waals surface area contributed by atoms with E-state index in [2.05, 4.69) is 4.98 Å². The molecule has 0 saturated carbocycles. The quantitative estimate of drug-likeness (QED) is 0.885. The molecule has 108 valence electrons. The third-order valence-corrected chi connectivity index (χ3v) is 6.01. The van der Waals surface area contributed by atoms with Gasteiger partial charge in [0.2, 0.25) is 10.0 Å². The van der Waals surface area contributed by atoms with Crippen LogP contribution in [0.2, 0.25) is 0 Å². The first kappa shape index (κ1) is 14.8. The van der Waals surface area contributed by atoms with E-state index in [1.54, 1.807) is 6.92 Å².